The van der Waals surface area contributed by atoms with Crippen LogP contribution in [0.4, 0.5) is 10.5 Å². The minimum absolute atomic E-state index is 0.0514. The maximum atomic E-state index is 12.9. The molecule has 2 saturated carbocycles. The van der Waals surface area contributed by atoms with Crippen molar-refractivity contribution in [2.24, 2.45) is 0 Å². The standard InChI is InChI=1S/C27H30N4O3/c1-2-17-7-9-19(10-8-17)26(33)28-21-13-14-25(32)22(15-21)23-16-24(18-5-3-4-6-18)31(30-23)27(34)29-20-11-12-20/h7-10,13-16,18,20,32H,2-6,11-12H2,1H3,(H,28,33)(H,29,34). The van der Waals surface area contributed by atoms with E-state index in [-0.39, 0.29) is 29.6 Å². The summed E-state index contributed by atoms with van der Waals surface area (Å²) in [5.41, 5.74) is 4.18. The Bertz CT molecular complexity index is 1210. The molecule has 7 nitrogen and oxygen atoms in total. The van der Waals surface area contributed by atoms with Crippen molar-refractivity contribution in [3.8, 4) is 17.0 Å². The maximum absolute atomic E-state index is 12.9. The molecule has 2 aromatic carbocycles. The highest BCUT2D eigenvalue weighted by molar-refractivity contribution is 6.04. The van der Waals surface area contributed by atoms with Crippen molar-refractivity contribution in [3.63, 3.8) is 0 Å². The molecule has 1 heterocycles. The number of hydrogen-bond acceptors (Lipinski definition) is 4. The molecule has 7 heteroatoms. The number of nitrogens with one attached hydrogen (secondary N) is 2. The van der Waals surface area contributed by atoms with Gasteiger partial charge in [-0.05, 0) is 74.1 Å². The first-order chi connectivity index (χ1) is 16.5. The van der Waals surface area contributed by atoms with Crippen molar-refractivity contribution < 1.29 is 14.7 Å². The predicted molar refractivity (Wildman–Crippen MR) is 131 cm³/mol. The molecule has 2 fully saturated rings. The minimum Gasteiger partial charge on any atom is -0.507 e. The number of benzene rings is 2. The fourth-order valence-electron chi connectivity index (χ4n) is 4.58. The van der Waals surface area contributed by atoms with Crippen LogP contribution in [0.5, 0.6) is 5.75 Å². The number of aromatic nitrogens is 2. The van der Waals surface area contributed by atoms with E-state index in [1.807, 2.05) is 30.3 Å². The summed E-state index contributed by atoms with van der Waals surface area (Å²) < 4.78 is 1.48. The quantitative estimate of drug-likeness (QED) is 0.428. The minimum atomic E-state index is -0.222. The SMILES string of the molecule is CCc1ccc(C(=O)Nc2ccc(O)c(-c3cc(C4CCCC4)n(C(=O)NC4CC4)n3)c2)cc1. The fraction of sp³-hybridized carbons (Fsp3) is 0.370. The molecule has 3 N–H and O–H groups in total. The summed E-state index contributed by atoms with van der Waals surface area (Å²) in [5, 5.41) is 21.1. The second-order valence-corrected chi connectivity index (χ2v) is 9.31. The second kappa shape index (κ2) is 9.33. The number of carbonyl (C=O) groups excluding carboxylic acids is 2. The van der Waals surface area contributed by atoms with Gasteiger partial charge in [0.2, 0.25) is 0 Å². The molecule has 2 aliphatic carbocycles. The van der Waals surface area contributed by atoms with Gasteiger partial charge in [-0.15, -0.1) is 0 Å². The van der Waals surface area contributed by atoms with Gasteiger partial charge in [0.05, 0.1) is 11.4 Å². The van der Waals surface area contributed by atoms with Crippen molar-refractivity contribution in [1.29, 1.82) is 0 Å². The van der Waals surface area contributed by atoms with Crippen molar-refractivity contribution in [1.82, 2.24) is 15.1 Å². The molecule has 0 saturated heterocycles. The number of nitrogens with zero attached hydrogens (tertiary/aromatic N) is 2. The summed E-state index contributed by atoms with van der Waals surface area (Å²) in [6.07, 6.45) is 7.26. The van der Waals surface area contributed by atoms with Crippen LogP contribution in [0.3, 0.4) is 0 Å². The molecular weight excluding hydrogens is 428 g/mol. The smallest absolute Gasteiger partial charge is 0.342 e. The Morgan fingerprint density at radius 2 is 1.76 bits per heavy atom. The zero-order chi connectivity index (χ0) is 23.7. The van der Waals surface area contributed by atoms with Crippen LogP contribution in [0.1, 0.15) is 73.0 Å². The molecule has 3 aromatic rings. The van der Waals surface area contributed by atoms with Gasteiger partial charge in [0, 0.05) is 28.8 Å². The van der Waals surface area contributed by atoms with Crippen molar-refractivity contribution in [3.05, 3.63) is 65.4 Å². The number of phenols is 1. The topological polar surface area (TPSA) is 96.2 Å². The summed E-state index contributed by atoms with van der Waals surface area (Å²) in [6, 6.07) is 14.3. The lowest BCUT2D eigenvalue weighted by molar-refractivity contribution is 0.102. The molecule has 0 atom stereocenters. The lowest BCUT2D eigenvalue weighted by Gasteiger charge is -2.11. The third-order valence-electron chi connectivity index (χ3n) is 6.76. The molecule has 0 aliphatic heterocycles. The number of carbonyl (C=O) groups is 2. The molecule has 176 valence electrons. The van der Waals surface area contributed by atoms with E-state index >= 15 is 0 Å². The zero-order valence-electron chi connectivity index (χ0n) is 19.4. The first kappa shape index (κ1) is 22.2. The van der Waals surface area contributed by atoms with E-state index in [0.29, 0.717) is 22.5 Å². The van der Waals surface area contributed by atoms with Crippen LogP contribution in [0.25, 0.3) is 11.3 Å². The fourth-order valence-corrected chi connectivity index (χ4v) is 4.58. The van der Waals surface area contributed by atoms with E-state index in [9.17, 15) is 14.7 Å². The number of phenolic OH excluding ortho intramolecular Hbond substituents is 1. The van der Waals surface area contributed by atoms with Crippen molar-refractivity contribution in [2.75, 3.05) is 5.32 Å². The summed E-state index contributed by atoms with van der Waals surface area (Å²) in [4.78, 5) is 25.6. The largest absolute Gasteiger partial charge is 0.507 e. The van der Waals surface area contributed by atoms with E-state index < -0.39 is 0 Å². The van der Waals surface area contributed by atoms with Gasteiger partial charge in [-0.25, -0.2) is 4.79 Å². The van der Waals surface area contributed by atoms with Crippen LogP contribution in [-0.4, -0.2) is 32.9 Å². The Hall–Kier alpha value is -3.61. The third kappa shape index (κ3) is 4.69. The zero-order valence-corrected chi connectivity index (χ0v) is 19.4. The van der Waals surface area contributed by atoms with Crippen molar-refractivity contribution in [2.45, 2.75) is 63.8 Å². The molecular formula is C27H30N4O3. The Morgan fingerprint density at radius 3 is 2.44 bits per heavy atom. The van der Waals surface area contributed by atoms with Crippen LogP contribution in [-0.2, 0) is 6.42 Å². The van der Waals surface area contributed by atoms with Gasteiger partial charge in [-0.2, -0.15) is 9.78 Å². The maximum Gasteiger partial charge on any atom is 0.342 e. The summed E-state index contributed by atoms with van der Waals surface area (Å²) >= 11 is 0. The van der Waals surface area contributed by atoms with Crippen LogP contribution in [0.2, 0.25) is 0 Å². The Kier molecular flexibility index (Phi) is 6.09. The molecule has 34 heavy (non-hydrogen) atoms. The second-order valence-electron chi connectivity index (χ2n) is 9.31. The van der Waals surface area contributed by atoms with Gasteiger partial charge < -0.3 is 15.7 Å². The highest BCUT2D eigenvalue weighted by Gasteiger charge is 2.29. The molecule has 2 aliphatic rings. The first-order valence-electron chi connectivity index (χ1n) is 12.2. The summed E-state index contributed by atoms with van der Waals surface area (Å²) in [5.74, 6) is 0.109. The number of anilines is 1. The molecule has 2 amide bonds. The van der Waals surface area contributed by atoms with E-state index in [1.54, 1.807) is 18.2 Å². The Morgan fingerprint density at radius 1 is 1.03 bits per heavy atom. The summed E-state index contributed by atoms with van der Waals surface area (Å²) in [7, 11) is 0. The van der Waals surface area contributed by atoms with E-state index in [1.165, 1.54) is 10.2 Å². The normalized spacial score (nSPS) is 15.9. The lowest BCUT2D eigenvalue weighted by atomic mass is 10.0. The highest BCUT2D eigenvalue weighted by atomic mass is 16.3. The van der Waals surface area contributed by atoms with Gasteiger partial charge >= 0.3 is 6.03 Å². The van der Waals surface area contributed by atoms with Gasteiger partial charge in [0.15, 0.2) is 0 Å². The highest BCUT2D eigenvalue weighted by Crippen LogP contribution is 2.38. The number of aryl methyl sites for hydroxylation is 1. The van der Waals surface area contributed by atoms with Crippen LogP contribution < -0.4 is 10.6 Å². The number of amides is 2. The van der Waals surface area contributed by atoms with Gasteiger partial charge in [0.1, 0.15) is 5.75 Å². The van der Waals surface area contributed by atoms with Crippen molar-refractivity contribution >= 4 is 17.6 Å². The molecule has 5 rings (SSSR count). The average molecular weight is 459 g/mol. The molecule has 0 bridgehead atoms. The monoisotopic (exact) mass is 458 g/mol. The molecule has 1 aromatic heterocycles. The van der Waals surface area contributed by atoms with Gasteiger partial charge in [-0.1, -0.05) is 31.9 Å². The molecule has 0 radical (unpaired) electrons. The van der Waals surface area contributed by atoms with Crippen LogP contribution in [0, 0.1) is 0 Å². The molecule has 0 spiro atoms. The first-order valence-corrected chi connectivity index (χ1v) is 12.2. The van der Waals surface area contributed by atoms with Gasteiger partial charge in [0.25, 0.3) is 5.91 Å². The lowest BCUT2D eigenvalue weighted by Crippen LogP contribution is -2.32. The van der Waals surface area contributed by atoms with E-state index in [4.69, 9.17) is 0 Å². The Labute approximate surface area is 199 Å². The van der Waals surface area contributed by atoms with Crippen LogP contribution >= 0.6 is 0 Å². The van der Waals surface area contributed by atoms with E-state index in [0.717, 1.165) is 50.6 Å². The predicted octanol–water partition coefficient (Wildman–Crippen LogP) is 5.45. The van der Waals surface area contributed by atoms with E-state index in [2.05, 4.69) is 22.7 Å². The Balaban J connectivity index is 1.43. The van der Waals surface area contributed by atoms with Gasteiger partial charge in [-0.3, -0.25) is 4.79 Å². The summed E-state index contributed by atoms with van der Waals surface area (Å²) in [6.45, 7) is 2.07. The number of rotatable bonds is 6. The number of hydrogen-bond donors (Lipinski definition) is 3. The van der Waals surface area contributed by atoms with Crippen LogP contribution in [0.15, 0.2) is 48.5 Å². The average Bonchev–Trinajstić information content (AvgIpc) is 3.32. The third-order valence-corrected chi connectivity index (χ3v) is 6.76. The number of aromatic hydroxyl groups is 1. The molecule has 0 unspecified atom stereocenters.